The van der Waals surface area contributed by atoms with Crippen LogP contribution >= 0.6 is 0 Å². The van der Waals surface area contributed by atoms with Gasteiger partial charge >= 0.3 is 0 Å². The zero-order valence-electron chi connectivity index (χ0n) is 10.0. The van der Waals surface area contributed by atoms with Gasteiger partial charge in [-0.2, -0.15) is 0 Å². The van der Waals surface area contributed by atoms with Crippen LogP contribution in [-0.4, -0.2) is 17.3 Å². The van der Waals surface area contributed by atoms with Gasteiger partial charge in [-0.25, -0.2) is 0 Å². The van der Waals surface area contributed by atoms with Crippen molar-refractivity contribution >= 4 is 0 Å². The van der Waals surface area contributed by atoms with E-state index in [9.17, 15) is 0 Å². The molecule has 84 valence electrons. The number of hydrogen-bond donors (Lipinski definition) is 0. The SMILES string of the molecule is Cc1cn(CCC2CCCO2)c(C)c1C. The molecule has 1 fully saturated rings. The van der Waals surface area contributed by atoms with E-state index in [2.05, 4.69) is 31.5 Å². The third-order valence-electron chi connectivity index (χ3n) is 3.63. The fourth-order valence-electron chi connectivity index (χ4n) is 2.32. The van der Waals surface area contributed by atoms with Gasteiger partial charge in [0.2, 0.25) is 0 Å². The smallest absolute Gasteiger partial charge is 0.0593 e. The van der Waals surface area contributed by atoms with Crippen molar-refractivity contribution < 1.29 is 4.74 Å². The van der Waals surface area contributed by atoms with Gasteiger partial charge in [0.05, 0.1) is 6.10 Å². The Bertz CT molecular complexity index is 335. The first-order chi connectivity index (χ1) is 7.18. The van der Waals surface area contributed by atoms with Crippen molar-refractivity contribution in [3.05, 3.63) is 23.0 Å². The Morgan fingerprint density at radius 2 is 2.20 bits per heavy atom. The topological polar surface area (TPSA) is 14.2 Å². The molecule has 0 amide bonds. The van der Waals surface area contributed by atoms with Crippen molar-refractivity contribution in [3.8, 4) is 0 Å². The lowest BCUT2D eigenvalue weighted by atomic mass is 10.2. The molecule has 1 aromatic rings. The van der Waals surface area contributed by atoms with E-state index in [1.807, 2.05) is 0 Å². The second kappa shape index (κ2) is 4.40. The quantitative estimate of drug-likeness (QED) is 0.743. The molecule has 15 heavy (non-hydrogen) atoms. The predicted octanol–water partition coefficient (Wildman–Crippen LogP) is 2.98. The third kappa shape index (κ3) is 2.25. The summed E-state index contributed by atoms with van der Waals surface area (Å²) < 4.78 is 8.01. The fraction of sp³-hybridized carbons (Fsp3) is 0.692. The highest BCUT2D eigenvalue weighted by atomic mass is 16.5. The van der Waals surface area contributed by atoms with E-state index in [0.717, 1.165) is 19.6 Å². The summed E-state index contributed by atoms with van der Waals surface area (Å²) in [6.45, 7) is 8.66. The molecule has 1 saturated heterocycles. The maximum Gasteiger partial charge on any atom is 0.0593 e. The van der Waals surface area contributed by atoms with Gasteiger partial charge in [-0.05, 0) is 51.2 Å². The fourth-order valence-corrected chi connectivity index (χ4v) is 2.32. The van der Waals surface area contributed by atoms with E-state index in [4.69, 9.17) is 4.74 Å². The Morgan fingerprint density at radius 3 is 2.73 bits per heavy atom. The molecule has 0 spiro atoms. The summed E-state index contributed by atoms with van der Waals surface area (Å²) in [6, 6.07) is 0. The molecular formula is C13H21NO. The van der Waals surface area contributed by atoms with Crippen LogP contribution in [0.3, 0.4) is 0 Å². The van der Waals surface area contributed by atoms with E-state index in [1.165, 1.54) is 29.7 Å². The minimum atomic E-state index is 0.507. The molecule has 2 heterocycles. The van der Waals surface area contributed by atoms with Crippen molar-refractivity contribution in [2.45, 2.75) is 52.7 Å². The summed E-state index contributed by atoms with van der Waals surface area (Å²) in [5, 5.41) is 0. The van der Waals surface area contributed by atoms with E-state index in [0.29, 0.717) is 6.10 Å². The Morgan fingerprint density at radius 1 is 1.40 bits per heavy atom. The molecule has 1 aromatic heterocycles. The van der Waals surface area contributed by atoms with Crippen LogP contribution < -0.4 is 0 Å². The first-order valence-electron chi connectivity index (χ1n) is 5.93. The highest BCUT2D eigenvalue weighted by Crippen LogP contribution is 2.19. The van der Waals surface area contributed by atoms with Crippen LogP contribution in [0.5, 0.6) is 0 Å². The number of aryl methyl sites for hydroxylation is 2. The number of rotatable bonds is 3. The maximum absolute atomic E-state index is 5.64. The average molecular weight is 207 g/mol. The molecule has 0 saturated carbocycles. The molecule has 1 atom stereocenters. The Hall–Kier alpha value is -0.760. The van der Waals surface area contributed by atoms with Gasteiger partial charge in [0.1, 0.15) is 0 Å². The largest absolute Gasteiger partial charge is 0.378 e. The second-order valence-electron chi connectivity index (χ2n) is 4.64. The van der Waals surface area contributed by atoms with Crippen LogP contribution in [0.25, 0.3) is 0 Å². The zero-order valence-corrected chi connectivity index (χ0v) is 10.0. The van der Waals surface area contributed by atoms with Crippen LogP contribution in [0.2, 0.25) is 0 Å². The molecular weight excluding hydrogens is 186 g/mol. The van der Waals surface area contributed by atoms with Gasteiger partial charge in [-0.15, -0.1) is 0 Å². The molecule has 1 aliphatic heterocycles. The molecule has 1 aliphatic rings. The Balaban J connectivity index is 1.95. The normalized spacial score (nSPS) is 21.1. The first kappa shape index (κ1) is 10.7. The van der Waals surface area contributed by atoms with E-state index >= 15 is 0 Å². The van der Waals surface area contributed by atoms with Gasteiger partial charge < -0.3 is 9.30 Å². The van der Waals surface area contributed by atoms with Gasteiger partial charge in [0.25, 0.3) is 0 Å². The van der Waals surface area contributed by atoms with E-state index < -0.39 is 0 Å². The van der Waals surface area contributed by atoms with E-state index in [-0.39, 0.29) is 0 Å². The van der Waals surface area contributed by atoms with Gasteiger partial charge in [-0.1, -0.05) is 0 Å². The lowest BCUT2D eigenvalue weighted by Gasteiger charge is -2.11. The summed E-state index contributed by atoms with van der Waals surface area (Å²) in [5.41, 5.74) is 4.24. The van der Waals surface area contributed by atoms with Crippen molar-refractivity contribution in [1.82, 2.24) is 4.57 Å². The Kier molecular flexibility index (Phi) is 3.15. The number of aromatic nitrogens is 1. The van der Waals surface area contributed by atoms with Crippen LogP contribution in [0.1, 0.15) is 36.1 Å². The summed E-state index contributed by atoms with van der Waals surface area (Å²) in [4.78, 5) is 0. The first-order valence-corrected chi connectivity index (χ1v) is 5.93. The summed E-state index contributed by atoms with van der Waals surface area (Å²) >= 11 is 0. The molecule has 2 nitrogen and oxygen atoms in total. The van der Waals surface area contributed by atoms with Gasteiger partial charge in [0, 0.05) is 25.0 Å². The molecule has 0 aromatic carbocycles. The summed E-state index contributed by atoms with van der Waals surface area (Å²) in [6.07, 6.45) is 6.42. The van der Waals surface area contributed by atoms with Crippen molar-refractivity contribution in [3.63, 3.8) is 0 Å². The van der Waals surface area contributed by atoms with Gasteiger partial charge in [0.15, 0.2) is 0 Å². The van der Waals surface area contributed by atoms with Gasteiger partial charge in [-0.3, -0.25) is 0 Å². The molecule has 0 radical (unpaired) electrons. The molecule has 0 aliphatic carbocycles. The number of hydrogen-bond acceptors (Lipinski definition) is 1. The lowest BCUT2D eigenvalue weighted by Crippen LogP contribution is -2.10. The molecule has 0 bridgehead atoms. The predicted molar refractivity (Wildman–Crippen MR) is 62.2 cm³/mol. The lowest BCUT2D eigenvalue weighted by molar-refractivity contribution is 0.100. The average Bonchev–Trinajstić information content (AvgIpc) is 2.80. The third-order valence-corrected chi connectivity index (χ3v) is 3.63. The minimum absolute atomic E-state index is 0.507. The monoisotopic (exact) mass is 207 g/mol. The highest BCUT2D eigenvalue weighted by Gasteiger charge is 2.15. The summed E-state index contributed by atoms with van der Waals surface area (Å²) in [7, 11) is 0. The highest BCUT2D eigenvalue weighted by molar-refractivity contribution is 5.28. The van der Waals surface area contributed by atoms with Crippen molar-refractivity contribution in [2.24, 2.45) is 0 Å². The Labute approximate surface area is 92.2 Å². The van der Waals surface area contributed by atoms with Crippen LogP contribution in [-0.2, 0) is 11.3 Å². The van der Waals surface area contributed by atoms with Crippen molar-refractivity contribution in [1.29, 1.82) is 0 Å². The number of ether oxygens (including phenoxy) is 1. The minimum Gasteiger partial charge on any atom is -0.378 e. The standard InChI is InChI=1S/C13H21NO/c1-10-9-14(12(3)11(10)2)7-6-13-5-4-8-15-13/h9,13H,4-8H2,1-3H3. The molecule has 0 N–H and O–H groups in total. The molecule has 2 rings (SSSR count). The van der Waals surface area contributed by atoms with Crippen LogP contribution in [0, 0.1) is 20.8 Å². The van der Waals surface area contributed by atoms with Crippen LogP contribution in [0.15, 0.2) is 6.20 Å². The van der Waals surface area contributed by atoms with E-state index in [1.54, 1.807) is 0 Å². The number of nitrogens with zero attached hydrogens (tertiary/aromatic N) is 1. The molecule has 1 unspecified atom stereocenters. The maximum atomic E-state index is 5.64. The van der Waals surface area contributed by atoms with Crippen LogP contribution in [0.4, 0.5) is 0 Å². The second-order valence-corrected chi connectivity index (χ2v) is 4.64. The zero-order chi connectivity index (χ0) is 10.8. The summed E-state index contributed by atoms with van der Waals surface area (Å²) in [5.74, 6) is 0. The van der Waals surface area contributed by atoms with Crippen molar-refractivity contribution in [2.75, 3.05) is 6.61 Å². The molecule has 2 heteroatoms.